The Bertz CT molecular complexity index is 92.1. The fourth-order valence-corrected chi connectivity index (χ4v) is 0.505. The van der Waals surface area contributed by atoms with Gasteiger partial charge in [-0.1, -0.05) is 20.8 Å². The van der Waals surface area contributed by atoms with Crippen molar-refractivity contribution >= 4 is 5.90 Å². The Labute approximate surface area is 69.8 Å². The Hall–Kier alpha value is -0.730. The van der Waals surface area contributed by atoms with Gasteiger partial charge in [0, 0.05) is 13.5 Å². The van der Waals surface area contributed by atoms with Crippen LogP contribution in [0, 0.1) is 0 Å². The average molecular weight is 160 g/mol. The second-order valence-electron chi connectivity index (χ2n) is 1.52. The maximum atomic E-state index is 5.12. The minimum Gasteiger partial charge on any atom is -0.480 e. The molecule has 0 aromatic rings. The number of nitrogens with zero attached hydrogens (tertiary/aromatic N) is 1. The summed E-state index contributed by atoms with van der Waals surface area (Å²) in [6, 6.07) is 0. The maximum Gasteiger partial charge on any atom is 0.205 e. The summed E-state index contributed by atoms with van der Waals surface area (Å²) < 4.78 is 5.12. The molecule has 0 saturated carbocycles. The van der Waals surface area contributed by atoms with Crippen molar-refractivity contribution < 1.29 is 4.74 Å². The van der Waals surface area contributed by atoms with Crippen LogP contribution in [0.15, 0.2) is 5.10 Å². The molecule has 0 aliphatic rings. The molecule has 0 saturated heterocycles. The summed E-state index contributed by atoms with van der Waals surface area (Å²) in [7, 11) is 1.76. The van der Waals surface area contributed by atoms with Crippen molar-refractivity contribution in [3.8, 4) is 0 Å². The highest BCUT2D eigenvalue weighted by atomic mass is 16.5. The predicted octanol–water partition coefficient (Wildman–Crippen LogP) is 1.99. The second-order valence-corrected chi connectivity index (χ2v) is 1.52. The molecule has 0 radical (unpaired) electrons. The van der Waals surface area contributed by atoms with Crippen LogP contribution in [0.2, 0.25) is 0 Å². The molecule has 3 nitrogen and oxygen atoms in total. The summed E-state index contributed by atoms with van der Waals surface area (Å²) in [5.74, 6) is 0.764. The number of hydrazone groups is 1. The normalized spacial score (nSPS) is 9.73. The highest BCUT2D eigenvalue weighted by molar-refractivity contribution is 5.75. The van der Waals surface area contributed by atoms with Gasteiger partial charge in [-0.15, -0.1) is 5.10 Å². The van der Waals surface area contributed by atoms with Gasteiger partial charge in [0.15, 0.2) is 0 Å². The van der Waals surface area contributed by atoms with Gasteiger partial charge in [0.25, 0.3) is 0 Å². The van der Waals surface area contributed by atoms with Gasteiger partial charge in [0.2, 0.25) is 5.90 Å². The SMILES string of the molecule is CC.CCO/C(CC)=N\NC. The molecule has 1 N–H and O–H groups in total. The second kappa shape index (κ2) is 12.0. The molecule has 0 aromatic carbocycles. The molecule has 0 aromatic heterocycles. The lowest BCUT2D eigenvalue weighted by Crippen LogP contribution is -2.08. The summed E-state index contributed by atoms with van der Waals surface area (Å²) in [4.78, 5) is 0. The van der Waals surface area contributed by atoms with E-state index in [1.165, 1.54) is 0 Å². The molecule has 0 fully saturated rings. The first-order valence-electron chi connectivity index (χ1n) is 4.21. The van der Waals surface area contributed by atoms with Crippen LogP contribution in [0.4, 0.5) is 0 Å². The fraction of sp³-hybridized carbons (Fsp3) is 0.875. The van der Waals surface area contributed by atoms with Crippen molar-refractivity contribution in [1.29, 1.82) is 0 Å². The minimum absolute atomic E-state index is 0.689. The van der Waals surface area contributed by atoms with Gasteiger partial charge in [-0.2, -0.15) is 0 Å². The molecule has 0 bridgehead atoms. The van der Waals surface area contributed by atoms with Crippen LogP contribution in [0.3, 0.4) is 0 Å². The van der Waals surface area contributed by atoms with Gasteiger partial charge in [0.05, 0.1) is 6.61 Å². The van der Waals surface area contributed by atoms with Gasteiger partial charge < -0.3 is 10.2 Å². The Morgan fingerprint density at radius 2 is 1.91 bits per heavy atom. The minimum atomic E-state index is 0.689. The smallest absolute Gasteiger partial charge is 0.205 e. The van der Waals surface area contributed by atoms with Crippen LogP contribution in [-0.4, -0.2) is 19.6 Å². The molecule has 11 heavy (non-hydrogen) atoms. The van der Waals surface area contributed by atoms with E-state index in [4.69, 9.17) is 4.74 Å². The van der Waals surface area contributed by atoms with Crippen LogP contribution >= 0.6 is 0 Å². The average Bonchev–Trinajstić information content (AvgIpc) is 2.08. The molecule has 0 unspecified atom stereocenters. The zero-order chi connectivity index (χ0) is 9.11. The summed E-state index contributed by atoms with van der Waals surface area (Å²) in [5, 5.41) is 3.88. The molecule has 0 amide bonds. The monoisotopic (exact) mass is 160 g/mol. The van der Waals surface area contributed by atoms with Crippen LogP contribution in [-0.2, 0) is 4.74 Å². The first-order valence-corrected chi connectivity index (χ1v) is 4.21. The standard InChI is InChI=1S/C6H14N2O.C2H6/c1-4-6(8-7-3)9-5-2;1-2/h7H,4-5H2,1-3H3;1-2H3/b8-6-;. The van der Waals surface area contributed by atoms with E-state index in [1.807, 2.05) is 27.7 Å². The molecule has 0 heterocycles. The van der Waals surface area contributed by atoms with Crippen molar-refractivity contribution in [1.82, 2.24) is 5.43 Å². The largest absolute Gasteiger partial charge is 0.480 e. The fourth-order valence-electron chi connectivity index (χ4n) is 0.505. The molecule has 0 rings (SSSR count). The van der Waals surface area contributed by atoms with Gasteiger partial charge in [-0.25, -0.2) is 0 Å². The van der Waals surface area contributed by atoms with Crippen molar-refractivity contribution in [2.45, 2.75) is 34.1 Å². The third-order valence-electron chi connectivity index (χ3n) is 0.850. The molecular weight excluding hydrogens is 140 g/mol. The van der Waals surface area contributed by atoms with Gasteiger partial charge in [-0.3, -0.25) is 0 Å². The first kappa shape index (κ1) is 12.9. The zero-order valence-corrected chi connectivity index (χ0v) is 8.27. The van der Waals surface area contributed by atoms with Crippen LogP contribution in [0.25, 0.3) is 0 Å². The summed E-state index contributed by atoms with van der Waals surface area (Å²) in [6.45, 7) is 8.64. The number of rotatable bonds is 3. The molecule has 68 valence electrons. The summed E-state index contributed by atoms with van der Waals surface area (Å²) in [5.41, 5.74) is 2.67. The van der Waals surface area contributed by atoms with Crippen molar-refractivity contribution in [2.24, 2.45) is 5.10 Å². The lowest BCUT2D eigenvalue weighted by atomic mass is 10.5. The molecule has 0 aliphatic heterocycles. The van der Waals surface area contributed by atoms with E-state index in [0.29, 0.717) is 6.61 Å². The van der Waals surface area contributed by atoms with Crippen molar-refractivity contribution in [2.75, 3.05) is 13.7 Å². The lowest BCUT2D eigenvalue weighted by Gasteiger charge is -2.02. The lowest BCUT2D eigenvalue weighted by molar-refractivity contribution is 0.315. The Balaban J connectivity index is 0. The predicted molar refractivity (Wildman–Crippen MR) is 49.8 cm³/mol. The topological polar surface area (TPSA) is 33.6 Å². The van der Waals surface area contributed by atoms with E-state index in [2.05, 4.69) is 10.5 Å². The van der Waals surface area contributed by atoms with Gasteiger partial charge in [-0.05, 0) is 6.92 Å². The number of hydrogen-bond acceptors (Lipinski definition) is 3. The molecule has 0 spiro atoms. The van der Waals surface area contributed by atoms with E-state index in [0.717, 1.165) is 12.3 Å². The maximum absolute atomic E-state index is 5.12. The Morgan fingerprint density at radius 1 is 1.36 bits per heavy atom. The molecular formula is C8H20N2O. The number of ether oxygens (including phenoxy) is 1. The molecule has 3 heteroatoms. The highest BCUT2D eigenvalue weighted by Crippen LogP contribution is 1.85. The third-order valence-corrected chi connectivity index (χ3v) is 0.850. The van der Waals surface area contributed by atoms with E-state index >= 15 is 0 Å². The Kier molecular flexibility index (Phi) is 14.1. The highest BCUT2D eigenvalue weighted by Gasteiger charge is 1.91. The quantitative estimate of drug-likeness (QED) is 0.389. The zero-order valence-electron chi connectivity index (χ0n) is 8.27. The van der Waals surface area contributed by atoms with Crippen LogP contribution < -0.4 is 5.43 Å². The van der Waals surface area contributed by atoms with Crippen molar-refractivity contribution in [3.63, 3.8) is 0 Å². The third kappa shape index (κ3) is 9.27. The van der Waals surface area contributed by atoms with E-state index in [1.54, 1.807) is 7.05 Å². The van der Waals surface area contributed by atoms with E-state index < -0.39 is 0 Å². The van der Waals surface area contributed by atoms with E-state index in [9.17, 15) is 0 Å². The molecule has 0 atom stereocenters. The number of hydrogen-bond donors (Lipinski definition) is 1. The van der Waals surface area contributed by atoms with Gasteiger partial charge >= 0.3 is 0 Å². The van der Waals surface area contributed by atoms with E-state index in [-0.39, 0.29) is 0 Å². The van der Waals surface area contributed by atoms with Crippen LogP contribution in [0.5, 0.6) is 0 Å². The Morgan fingerprint density at radius 3 is 2.18 bits per heavy atom. The van der Waals surface area contributed by atoms with Crippen molar-refractivity contribution in [3.05, 3.63) is 0 Å². The van der Waals surface area contributed by atoms with Gasteiger partial charge in [0.1, 0.15) is 0 Å². The van der Waals surface area contributed by atoms with Crippen LogP contribution in [0.1, 0.15) is 34.1 Å². The number of nitrogens with one attached hydrogen (secondary N) is 1. The molecule has 0 aliphatic carbocycles. The summed E-state index contributed by atoms with van der Waals surface area (Å²) >= 11 is 0. The summed E-state index contributed by atoms with van der Waals surface area (Å²) in [6.07, 6.45) is 0.842. The first-order chi connectivity index (χ1) is 5.35.